The van der Waals surface area contributed by atoms with Crippen molar-refractivity contribution in [1.82, 2.24) is 29.8 Å². The highest BCUT2D eigenvalue weighted by Crippen LogP contribution is 2.20. The van der Waals surface area contributed by atoms with Crippen LogP contribution in [0.15, 0.2) is 24.5 Å². The Bertz CT molecular complexity index is 1090. The van der Waals surface area contributed by atoms with E-state index in [2.05, 4.69) is 25.5 Å². The monoisotopic (exact) mass is 544 g/mol. The molecule has 13 nitrogen and oxygen atoms in total. The van der Waals surface area contributed by atoms with Crippen LogP contribution in [0, 0.1) is 5.92 Å². The Hall–Kier alpha value is -3.29. The number of carbonyl (C=O) groups excluding carboxylic acids is 2. The quantitative estimate of drug-likeness (QED) is 0.549. The fourth-order valence-electron chi connectivity index (χ4n) is 4.78. The first-order valence-corrected chi connectivity index (χ1v) is 13.6. The second-order valence-electron chi connectivity index (χ2n) is 10.3. The first-order chi connectivity index (χ1) is 18.9. The summed E-state index contributed by atoms with van der Waals surface area (Å²) < 4.78 is 13.5. The fourth-order valence-corrected chi connectivity index (χ4v) is 4.78. The third kappa shape index (κ3) is 7.64. The van der Waals surface area contributed by atoms with Crippen molar-refractivity contribution >= 4 is 23.4 Å². The van der Waals surface area contributed by atoms with Crippen molar-refractivity contribution in [2.24, 2.45) is 5.92 Å². The number of rotatable bonds is 6. The third-order valence-electron chi connectivity index (χ3n) is 7.27. The van der Waals surface area contributed by atoms with E-state index < -0.39 is 0 Å². The van der Waals surface area contributed by atoms with Crippen LogP contribution in [0.3, 0.4) is 0 Å². The van der Waals surface area contributed by atoms with Gasteiger partial charge in [0.1, 0.15) is 5.82 Å². The maximum absolute atomic E-state index is 13.2. The Balaban J connectivity index is 1.45. The van der Waals surface area contributed by atoms with E-state index in [1.807, 2.05) is 19.9 Å². The number of aliphatic hydroxyl groups excluding tert-OH is 1. The van der Waals surface area contributed by atoms with Crippen LogP contribution in [-0.4, -0.2) is 112 Å². The molecule has 214 valence electrons. The Morgan fingerprint density at radius 3 is 2.87 bits per heavy atom. The summed E-state index contributed by atoms with van der Waals surface area (Å²) in [6, 6.07) is 3.02. The lowest BCUT2D eigenvalue weighted by Crippen LogP contribution is -2.48. The molecule has 2 aliphatic heterocycles. The molecular weight excluding hydrogens is 504 g/mol. The van der Waals surface area contributed by atoms with Crippen LogP contribution in [0.25, 0.3) is 0 Å². The highest BCUT2D eigenvalue weighted by atomic mass is 16.5. The van der Waals surface area contributed by atoms with E-state index in [0.717, 1.165) is 24.6 Å². The average molecular weight is 545 g/mol. The van der Waals surface area contributed by atoms with Gasteiger partial charge in [-0.2, -0.15) is 0 Å². The molecule has 0 saturated carbocycles. The maximum atomic E-state index is 13.2. The standard InChI is InChI=1S/C26H40N8O5/c1-19-15-33(20(2)17-35)25(36)5-4-8-34-22(14-28-30-34)18-39-23(19)16-31(3)26(37)29-21-6-7-27-24(13-21)32-9-11-38-12-10-32/h6-7,13-14,19-20,23,35H,4-5,8-12,15-18H2,1-3H3,(H,27,29,37)/t19-,20-,23+/m0/s1. The fraction of sp³-hybridized carbons (Fsp3) is 0.654. The zero-order valence-corrected chi connectivity index (χ0v) is 23.0. The number of aliphatic hydroxyl groups is 1. The number of fused-ring (bicyclic) bond motifs is 1. The lowest BCUT2D eigenvalue weighted by atomic mass is 10.0. The van der Waals surface area contributed by atoms with Crippen LogP contribution in [0.2, 0.25) is 0 Å². The number of anilines is 2. The van der Waals surface area contributed by atoms with E-state index in [4.69, 9.17) is 9.47 Å². The molecule has 0 aromatic carbocycles. The molecule has 1 fully saturated rings. The largest absolute Gasteiger partial charge is 0.394 e. The average Bonchev–Trinajstić information content (AvgIpc) is 3.40. The minimum absolute atomic E-state index is 0.0238. The summed E-state index contributed by atoms with van der Waals surface area (Å²) in [6.45, 7) is 8.06. The van der Waals surface area contributed by atoms with Crippen LogP contribution in [0.4, 0.5) is 16.3 Å². The summed E-state index contributed by atoms with van der Waals surface area (Å²) >= 11 is 0. The van der Waals surface area contributed by atoms with E-state index in [1.165, 1.54) is 0 Å². The second kappa shape index (κ2) is 13.7. The van der Waals surface area contributed by atoms with E-state index >= 15 is 0 Å². The molecule has 39 heavy (non-hydrogen) atoms. The smallest absolute Gasteiger partial charge is 0.321 e. The molecule has 2 N–H and O–H groups in total. The van der Waals surface area contributed by atoms with E-state index in [-0.39, 0.29) is 43.2 Å². The van der Waals surface area contributed by atoms with Gasteiger partial charge in [-0.1, -0.05) is 12.1 Å². The van der Waals surface area contributed by atoms with Crippen LogP contribution in [-0.2, 0) is 27.4 Å². The number of pyridine rings is 1. The van der Waals surface area contributed by atoms with Gasteiger partial charge in [-0.05, 0) is 19.4 Å². The van der Waals surface area contributed by atoms with Gasteiger partial charge in [-0.3, -0.25) is 4.79 Å². The zero-order valence-electron chi connectivity index (χ0n) is 23.0. The van der Waals surface area contributed by atoms with Crippen molar-refractivity contribution < 1.29 is 24.2 Å². The molecule has 2 aromatic heterocycles. The summed E-state index contributed by atoms with van der Waals surface area (Å²) in [6.07, 6.45) is 3.94. The molecule has 2 aliphatic rings. The lowest BCUT2D eigenvalue weighted by molar-refractivity contribution is -0.136. The number of aryl methyl sites for hydroxylation is 1. The van der Waals surface area contributed by atoms with Gasteiger partial charge in [0.2, 0.25) is 5.91 Å². The Kier molecular flexibility index (Phi) is 10.1. The van der Waals surface area contributed by atoms with Crippen molar-refractivity contribution in [3.8, 4) is 0 Å². The number of amides is 3. The van der Waals surface area contributed by atoms with Crippen molar-refractivity contribution in [2.45, 2.75) is 52.0 Å². The van der Waals surface area contributed by atoms with Crippen LogP contribution >= 0.6 is 0 Å². The number of aromatic nitrogens is 4. The number of hydrogen-bond acceptors (Lipinski definition) is 9. The number of nitrogens with zero attached hydrogens (tertiary/aromatic N) is 7. The summed E-state index contributed by atoms with van der Waals surface area (Å²) in [7, 11) is 1.72. The van der Waals surface area contributed by atoms with Gasteiger partial charge in [0.25, 0.3) is 0 Å². The van der Waals surface area contributed by atoms with Gasteiger partial charge in [0, 0.05) is 70.1 Å². The molecule has 3 amide bonds. The molecule has 4 heterocycles. The topological polar surface area (TPSA) is 138 Å². The minimum atomic E-state index is -0.383. The SMILES string of the molecule is C[C@H]1CN([C@@H](C)CO)C(=O)CCCn2nncc2CO[C@@H]1CN(C)C(=O)Nc1ccnc(N2CCOCC2)c1. The number of ether oxygens (including phenoxy) is 2. The number of nitrogens with one attached hydrogen (secondary N) is 1. The number of carbonyl (C=O) groups is 2. The summed E-state index contributed by atoms with van der Waals surface area (Å²) in [5.74, 6) is 0.656. The molecule has 0 spiro atoms. The van der Waals surface area contributed by atoms with Crippen molar-refractivity contribution in [2.75, 3.05) is 63.3 Å². The van der Waals surface area contributed by atoms with Crippen molar-refractivity contribution in [3.05, 3.63) is 30.2 Å². The molecule has 0 bridgehead atoms. The summed E-state index contributed by atoms with van der Waals surface area (Å²) in [5, 5.41) is 20.9. The summed E-state index contributed by atoms with van der Waals surface area (Å²) in [5.41, 5.74) is 1.47. The highest BCUT2D eigenvalue weighted by molar-refractivity contribution is 5.89. The number of urea groups is 1. The van der Waals surface area contributed by atoms with Gasteiger partial charge >= 0.3 is 6.03 Å². The molecule has 4 rings (SSSR count). The van der Waals surface area contributed by atoms with Gasteiger partial charge in [0.15, 0.2) is 0 Å². The van der Waals surface area contributed by atoms with E-state index in [9.17, 15) is 14.7 Å². The van der Waals surface area contributed by atoms with Gasteiger partial charge < -0.3 is 34.6 Å². The molecule has 0 radical (unpaired) electrons. The van der Waals surface area contributed by atoms with Crippen LogP contribution in [0.5, 0.6) is 0 Å². The normalized spacial score (nSPS) is 21.9. The molecule has 0 unspecified atom stereocenters. The Morgan fingerprint density at radius 1 is 1.31 bits per heavy atom. The first kappa shape index (κ1) is 28.7. The molecule has 0 aliphatic carbocycles. The molecular formula is C26H40N8O5. The number of morpholine rings is 1. The van der Waals surface area contributed by atoms with Crippen LogP contribution in [0.1, 0.15) is 32.4 Å². The maximum Gasteiger partial charge on any atom is 0.321 e. The van der Waals surface area contributed by atoms with Crippen molar-refractivity contribution in [1.29, 1.82) is 0 Å². The summed E-state index contributed by atoms with van der Waals surface area (Å²) in [4.78, 5) is 36.1. The zero-order chi connectivity index (χ0) is 27.8. The van der Waals surface area contributed by atoms with Crippen molar-refractivity contribution in [3.63, 3.8) is 0 Å². The Morgan fingerprint density at radius 2 is 2.10 bits per heavy atom. The predicted molar refractivity (Wildman–Crippen MR) is 144 cm³/mol. The number of likely N-dealkylation sites (N-methyl/N-ethyl adjacent to an activating group) is 1. The molecule has 1 saturated heterocycles. The molecule has 13 heteroatoms. The van der Waals surface area contributed by atoms with Crippen LogP contribution < -0.4 is 10.2 Å². The van der Waals surface area contributed by atoms with Gasteiger partial charge in [-0.15, -0.1) is 5.10 Å². The van der Waals surface area contributed by atoms with Gasteiger partial charge in [-0.25, -0.2) is 14.5 Å². The highest BCUT2D eigenvalue weighted by Gasteiger charge is 2.29. The van der Waals surface area contributed by atoms with E-state index in [0.29, 0.717) is 51.4 Å². The van der Waals surface area contributed by atoms with Gasteiger partial charge in [0.05, 0.1) is 50.5 Å². The third-order valence-corrected chi connectivity index (χ3v) is 7.27. The molecule has 3 atom stereocenters. The van der Waals surface area contributed by atoms with E-state index in [1.54, 1.807) is 40.0 Å². The first-order valence-electron chi connectivity index (χ1n) is 13.6. The minimum Gasteiger partial charge on any atom is -0.394 e. The lowest BCUT2D eigenvalue weighted by Gasteiger charge is -2.35. The number of hydrogen-bond donors (Lipinski definition) is 2. The predicted octanol–water partition coefficient (Wildman–Crippen LogP) is 1.20. The molecule has 2 aromatic rings. The Labute approximate surface area is 229 Å². The second-order valence-corrected chi connectivity index (χ2v) is 10.3.